The molecule has 1 amide bonds. The molecule has 0 radical (unpaired) electrons. The summed E-state index contributed by atoms with van der Waals surface area (Å²) in [4.78, 5) is 17.1. The maximum Gasteiger partial charge on any atom is 0.259 e. The SMILES string of the molecule is COc1cc2nccc(Oc3ccc4c(F)c(NC(=O)c5ccccc5OC)ccc4c3)c2cc1OC. The van der Waals surface area contributed by atoms with E-state index in [0.717, 1.165) is 5.39 Å². The Morgan fingerprint density at radius 2 is 1.54 bits per heavy atom. The van der Waals surface area contributed by atoms with Crippen LogP contribution in [0.1, 0.15) is 10.4 Å². The number of carbonyl (C=O) groups excluding carboxylic acids is 1. The minimum absolute atomic E-state index is 0.0678. The van der Waals surface area contributed by atoms with Gasteiger partial charge in [-0.15, -0.1) is 0 Å². The first-order valence-electron chi connectivity index (χ1n) is 11.4. The van der Waals surface area contributed by atoms with Gasteiger partial charge in [-0.25, -0.2) is 4.39 Å². The lowest BCUT2D eigenvalue weighted by Gasteiger charge is -2.13. The summed E-state index contributed by atoms with van der Waals surface area (Å²) >= 11 is 0. The second-order valence-corrected chi connectivity index (χ2v) is 8.10. The van der Waals surface area contributed by atoms with Gasteiger partial charge in [0.25, 0.3) is 5.91 Å². The summed E-state index contributed by atoms with van der Waals surface area (Å²) in [7, 11) is 4.60. The summed E-state index contributed by atoms with van der Waals surface area (Å²) in [5, 5.41) is 4.33. The van der Waals surface area contributed by atoms with Crippen molar-refractivity contribution in [1.29, 1.82) is 0 Å². The van der Waals surface area contributed by atoms with Crippen LogP contribution in [-0.2, 0) is 0 Å². The maximum atomic E-state index is 15.3. The summed E-state index contributed by atoms with van der Waals surface area (Å²) in [6.45, 7) is 0. The van der Waals surface area contributed by atoms with Gasteiger partial charge in [-0.05, 0) is 53.9 Å². The van der Waals surface area contributed by atoms with Gasteiger partial charge in [0.1, 0.15) is 17.2 Å². The largest absolute Gasteiger partial charge is 0.496 e. The molecule has 1 aromatic heterocycles. The number of hydrogen-bond acceptors (Lipinski definition) is 6. The van der Waals surface area contributed by atoms with E-state index in [1.807, 2.05) is 0 Å². The average Bonchev–Trinajstić information content (AvgIpc) is 2.93. The topological polar surface area (TPSA) is 78.9 Å². The molecule has 1 N–H and O–H groups in total. The van der Waals surface area contributed by atoms with Crippen LogP contribution in [0.25, 0.3) is 21.7 Å². The van der Waals surface area contributed by atoms with Crippen LogP contribution in [0, 0.1) is 5.82 Å². The van der Waals surface area contributed by atoms with E-state index in [0.29, 0.717) is 50.6 Å². The number of halogens is 1. The van der Waals surface area contributed by atoms with Crippen molar-refractivity contribution in [3.8, 4) is 28.7 Å². The molecule has 0 spiro atoms. The Labute approximate surface area is 212 Å². The van der Waals surface area contributed by atoms with Crippen LogP contribution in [0.3, 0.4) is 0 Å². The third-order valence-corrected chi connectivity index (χ3v) is 5.96. The van der Waals surface area contributed by atoms with Gasteiger partial charge in [-0.1, -0.05) is 18.2 Å². The van der Waals surface area contributed by atoms with Crippen LogP contribution in [0.5, 0.6) is 28.7 Å². The summed E-state index contributed by atoms with van der Waals surface area (Å²) < 4.78 is 37.5. The average molecular weight is 499 g/mol. The second-order valence-electron chi connectivity index (χ2n) is 8.10. The van der Waals surface area contributed by atoms with Crippen molar-refractivity contribution in [3.05, 3.63) is 90.4 Å². The lowest BCUT2D eigenvalue weighted by atomic mass is 10.1. The summed E-state index contributed by atoms with van der Waals surface area (Å²) in [5.74, 6) is 1.59. The molecule has 186 valence electrons. The Balaban J connectivity index is 1.44. The number of aromatic nitrogens is 1. The summed E-state index contributed by atoms with van der Waals surface area (Å²) in [5.41, 5.74) is 1.06. The zero-order chi connectivity index (χ0) is 25.9. The standard InChI is InChI=1S/C29H23FN2O5/c1-34-24-7-5-4-6-20(24)29(33)32-22-11-8-17-14-18(9-10-19(17)28(22)30)37-25-12-13-31-23-16-27(36-3)26(35-2)15-21(23)25/h4-16H,1-3H3,(H,32,33). The number of para-hydroxylation sites is 1. The van der Waals surface area contributed by atoms with Gasteiger partial charge >= 0.3 is 0 Å². The van der Waals surface area contributed by atoms with Gasteiger partial charge in [0.15, 0.2) is 17.3 Å². The fraction of sp³-hybridized carbons (Fsp3) is 0.103. The van der Waals surface area contributed by atoms with Crippen LogP contribution in [0.15, 0.2) is 79.0 Å². The minimum atomic E-state index is -0.543. The predicted molar refractivity (Wildman–Crippen MR) is 140 cm³/mol. The molecule has 0 saturated carbocycles. The van der Waals surface area contributed by atoms with E-state index in [4.69, 9.17) is 18.9 Å². The second kappa shape index (κ2) is 10.0. The summed E-state index contributed by atoms with van der Waals surface area (Å²) in [6, 6.07) is 20.4. The van der Waals surface area contributed by atoms with Gasteiger partial charge in [-0.3, -0.25) is 9.78 Å². The highest BCUT2D eigenvalue weighted by atomic mass is 19.1. The van der Waals surface area contributed by atoms with E-state index >= 15 is 4.39 Å². The number of carbonyl (C=O) groups is 1. The Hall–Kier alpha value is -4.85. The molecule has 0 aliphatic rings. The van der Waals surface area contributed by atoms with E-state index in [-0.39, 0.29) is 5.69 Å². The molecule has 0 unspecified atom stereocenters. The van der Waals surface area contributed by atoms with Crippen LogP contribution in [0.4, 0.5) is 10.1 Å². The van der Waals surface area contributed by atoms with Crippen LogP contribution in [-0.4, -0.2) is 32.2 Å². The van der Waals surface area contributed by atoms with Crippen molar-refractivity contribution in [3.63, 3.8) is 0 Å². The molecule has 1 heterocycles. The van der Waals surface area contributed by atoms with E-state index in [1.54, 1.807) is 87.1 Å². The lowest BCUT2D eigenvalue weighted by Crippen LogP contribution is -2.14. The number of methoxy groups -OCH3 is 3. The predicted octanol–water partition coefficient (Wildman–Crippen LogP) is 6.60. The quantitative estimate of drug-likeness (QED) is 0.272. The normalized spacial score (nSPS) is 10.8. The molecular formula is C29H23FN2O5. The Morgan fingerprint density at radius 1 is 0.784 bits per heavy atom. The van der Waals surface area contributed by atoms with Crippen LogP contribution >= 0.6 is 0 Å². The highest BCUT2D eigenvalue weighted by molar-refractivity contribution is 6.07. The number of pyridine rings is 1. The van der Waals surface area contributed by atoms with E-state index in [9.17, 15) is 4.79 Å². The van der Waals surface area contributed by atoms with E-state index in [1.165, 1.54) is 13.2 Å². The number of ether oxygens (including phenoxy) is 4. The van der Waals surface area contributed by atoms with E-state index in [2.05, 4.69) is 10.3 Å². The van der Waals surface area contributed by atoms with Crippen molar-refractivity contribution in [2.75, 3.05) is 26.6 Å². The Bertz CT molecular complexity index is 1640. The zero-order valence-corrected chi connectivity index (χ0v) is 20.4. The van der Waals surface area contributed by atoms with Crippen LogP contribution in [0.2, 0.25) is 0 Å². The highest BCUT2D eigenvalue weighted by Gasteiger charge is 2.16. The van der Waals surface area contributed by atoms with Crippen molar-refractivity contribution in [2.45, 2.75) is 0 Å². The fourth-order valence-electron chi connectivity index (χ4n) is 4.12. The van der Waals surface area contributed by atoms with Gasteiger partial charge in [0.05, 0.1) is 38.1 Å². The van der Waals surface area contributed by atoms with Crippen molar-refractivity contribution in [1.82, 2.24) is 4.98 Å². The third-order valence-electron chi connectivity index (χ3n) is 5.96. The minimum Gasteiger partial charge on any atom is -0.496 e. The van der Waals surface area contributed by atoms with Gasteiger partial charge in [-0.2, -0.15) is 0 Å². The van der Waals surface area contributed by atoms with Gasteiger partial charge < -0.3 is 24.3 Å². The molecular weight excluding hydrogens is 475 g/mol. The Kier molecular flexibility index (Phi) is 6.47. The Morgan fingerprint density at radius 3 is 2.32 bits per heavy atom. The first-order valence-corrected chi connectivity index (χ1v) is 11.4. The molecule has 5 aromatic rings. The first kappa shape index (κ1) is 23.9. The molecule has 0 bridgehead atoms. The van der Waals surface area contributed by atoms with Crippen LogP contribution < -0.4 is 24.3 Å². The molecule has 0 aliphatic carbocycles. The number of amides is 1. The number of benzene rings is 4. The van der Waals surface area contributed by atoms with Gasteiger partial charge in [0, 0.05) is 23.0 Å². The molecule has 0 atom stereocenters. The lowest BCUT2D eigenvalue weighted by molar-refractivity contribution is 0.102. The van der Waals surface area contributed by atoms with Crippen molar-refractivity contribution < 1.29 is 28.1 Å². The molecule has 4 aromatic carbocycles. The molecule has 0 fully saturated rings. The number of hydrogen-bond donors (Lipinski definition) is 1. The molecule has 7 nitrogen and oxygen atoms in total. The van der Waals surface area contributed by atoms with Crippen molar-refractivity contribution >= 4 is 33.3 Å². The number of rotatable bonds is 7. The van der Waals surface area contributed by atoms with Gasteiger partial charge in [0.2, 0.25) is 0 Å². The number of nitrogens with one attached hydrogen (secondary N) is 1. The maximum absolute atomic E-state index is 15.3. The zero-order valence-electron chi connectivity index (χ0n) is 20.4. The number of fused-ring (bicyclic) bond motifs is 2. The monoisotopic (exact) mass is 498 g/mol. The summed E-state index contributed by atoms with van der Waals surface area (Å²) in [6.07, 6.45) is 1.64. The molecule has 5 rings (SSSR count). The first-order chi connectivity index (χ1) is 18.0. The van der Waals surface area contributed by atoms with E-state index < -0.39 is 11.7 Å². The smallest absolute Gasteiger partial charge is 0.259 e. The van der Waals surface area contributed by atoms with Crippen molar-refractivity contribution in [2.24, 2.45) is 0 Å². The third kappa shape index (κ3) is 4.56. The molecule has 0 aliphatic heterocycles. The highest BCUT2D eigenvalue weighted by Crippen LogP contribution is 2.37. The molecule has 8 heteroatoms. The fourth-order valence-corrected chi connectivity index (χ4v) is 4.12. The molecule has 0 saturated heterocycles. The molecule has 37 heavy (non-hydrogen) atoms. The number of nitrogens with zero attached hydrogens (tertiary/aromatic N) is 1. The number of anilines is 1.